The number of unbranched alkanes of at least 4 members (excludes halogenated alkanes) is 2. The summed E-state index contributed by atoms with van der Waals surface area (Å²) in [7, 11) is 0. The molecule has 22 heavy (non-hydrogen) atoms. The minimum absolute atomic E-state index is 0.208. The summed E-state index contributed by atoms with van der Waals surface area (Å²) in [6, 6.07) is 0. The van der Waals surface area contributed by atoms with Crippen LogP contribution in [-0.2, 0) is 19.1 Å². The highest BCUT2D eigenvalue weighted by molar-refractivity contribution is 9.12. The zero-order valence-electron chi connectivity index (χ0n) is 13.2. The van der Waals surface area contributed by atoms with Gasteiger partial charge in [-0.15, -0.1) is 0 Å². The Morgan fingerprint density at radius 2 is 1.68 bits per heavy atom. The molecule has 2 amide bonds. The Hall–Kier alpha value is -0.630. The van der Waals surface area contributed by atoms with Gasteiger partial charge in [0.05, 0.1) is 0 Å². The van der Waals surface area contributed by atoms with E-state index >= 15 is 0 Å². The molecule has 0 radical (unpaired) electrons. The van der Waals surface area contributed by atoms with Crippen LogP contribution in [0.4, 0.5) is 0 Å². The Balaban J connectivity index is 3.76. The van der Waals surface area contributed by atoms with Crippen molar-refractivity contribution in [1.29, 1.82) is 0 Å². The predicted octanol–water partition coefficient (Wildman–Crippen LogP) is 2.02. The van der Waals surface area contributed by atoms with E-state index in [-0.39, 0.29) is 11.9 Å². The number of esters is 1. The molecule has 0 aromatic rings. The van der Waals surface area contributed by atoms with Crippen LogP contribution >= 0.6 is 31.9 Å². The second kappa shape index (κ2) is 10.2. The van der Waals surface area contributed by atoms with Crippen LogP contribution in [0.15, 0.2) is 0 Å². The molecule has 0 rings (SSSR count). The Morgan fingerprint density at radius 1 is 1.09 bits per heavy atom. The van der Waals surface area contributed by atoms with Crippen molar-refractivity contribution in [2.45, 2.75) is 61.7 Å². The Labute approximate surface area is 148 Å². The van der Waals surface area contributed by atoms with E-state index < -0.39 is 21.2 Å². The van der Waals surface area contributed by atoms with Gasteiger partial charge in [0.2, 0.25) is 11.8 Å². The van der Waals surface area contributed by atoms with Crippen LogP contribution in [0.1, 0.15) is 46.5 Å². The fourth-order valence-corrected chi connectivity index (χ4v) is 2.21. The molecule has 0 heterocycles. The van der Waals surface area contributed by atoms with E-state index in [4.69, 9.17) is 10.5 Å². The third-order valence-electron chi connectivity index (χ3n) is 2.56. The first-order valence-corrected chi connectivity index (χ1v) is 8.94. The number of alkyl halides is 2. The maximum atomic E-state index is 11.7. The molecule has 2 atom stereocenters. The number of halogens is 2. The Morgan fingerprint density at radius 3 is 2.18 bits per heavy atom. The van der Waals surface area contributed by atoms with E-state index in [1.54, 1.807) is 0 Å². The average molecular weight is 444 g/mol. The first-order chi connectivity index (χ1) is 10.0. The van der Waals surface area contributed by atoms with Crippen molar-refractivity contribution in [2.24, 2.45) is 5.73 Å². The summed E-state index contributed by atoms with van der Waals surface area (Å²) in [6.45, 7) is 5.98. The van der Waals surface area contributed by atoms with Gasteiger partial charge < -0.3 is 15.8 Å². The minimum atomic E-state index is -0.750. The summed E-state index contributed by atoms with van der Waals surface area (Å²) >= 11 is 6.17. The molecule has 0 bridgehead atoms. The molecular weight excluding hydrogens is 420 g/mol. The number of carbonyl (C=O) groups excluding carboxylic acids is 3. The highest BCUT2D eigenvalue weighted by atomic mass is 79.9. The number of hydrogen-bond acceptors (Lipinski definition) is 4. The van der Waals surface area contributed by atoms with Crippen LogP contribution in [-0.4, -0.2) is 39.6 Å². The van der Waals surface area contributed by atoms with Crippen LogP contribution in [0.25, 0.3) is 0 Å². The second-order valence-electron chi connectivity index (χ2n) is 5.89. The van der Waals surface area contributed by atoms with Crippen LogP contribution < -0.4 is 11.1 Å². The van der Waals surface area contributed by atoms with Gasteiger partial charge in [-0.2, -0.15) is 0 Å². The molecule has 0 spiro atoms. The van der Waals surface area contributed by atoms with Gasteiger partial charge in [-0.05, 0) is 33.6 Å². The molecule has 0 aliphatic carbocycles. The van der Waals surface area contributed by atoms with Crippen LogP contribution in [0.2, 0.25) is 0 Å². The molecule has 0 aromatic carbocycles. The van der Waals surface area contributed by atoms with Crippen molar-refractivity contribution >= 4 is 49.6 Å². The van der Waals surface area contributed by atoms with E-state index in [1.807, 2.05) is 20.8 Å². The molecule has 8 heteroatoms. The molecule has 2 unspecified atom stereocenters. The fraction of sp³-hybridized carbons (Fsp3) is 0.786. The minimum Gasteiger partial charge on any atom is -0.460 e. The highest BCUT2D eigenvalue weighted by Crippen LogP contribution is 2.14. The van der Waals surface area contributed by atoms with E-state index in [1.165, 1.54) is 0 Å². The molecule has 6 nitrogen and oxygen atoms in total. The fourth-order valence-electron chi connectivity index (χ4n) is 1.55. The summed E-state index contributed by atoms with van der Waals surface area (Å²) in [6.07, 6.45) is 2.64. The first kappa shape index (κ1) is 21.4. The number of ether oxygens (including phenoxy) is 1. The van der Waals surface area contributed by atoms with Crippen molar-refractivity contribution in [3.8, 4) is 0 Å². The number of nitrogens with two attached hydrogens (primary N) is 1. The average Bonchev–Trinajstić information content (AvgIpc) is 2.38. The summed E-state index contributed by atoms with van der Waals surface area (Å²) < 4.78 is 5.20. The third kappa shape index (κ3) is 10.2. The quantitative estimate of drug-likeness (QED) is 0.323. The molecule has 0 saturated heterocycles. The standard InChI is InChI=1S/C14H24Br2N2O4/c1-14(2,3)22-9(19)7-5-4-6-8-18-13(21)11(16)10(15)12(17)20/h10-11H,4-8H2,1-3H3,(H2,17,20)(H,18,21). The molecule has 0 aliphatic rings. The van der Waals surface area contributed by atoms with Crippen molar-refractivity contribution in [2.75, 3.05) is 6.54 Å². The van der Waals surface area contributed by atoms with Gasteiger partial charge in [0.25, 0.3) is 0 Å². The maximum Gasteiger partial charge on any atom is 0.306 e. The molecular formula is C14H24Br2N2O4. The normalized spacial score (nSPS) is 14.0. The lowest BCUT2D eigenvalue weighted by atomic mass is 10.1. The van der Waals surface area contributed by atoms with Gasteiger partial charge >= 0.3 is 5.97 Å². The van der Waals surface area contributed by atoms with Gasteiger partial charge in [-0.3, -0.25) is 14.4 Å². The largest absolute Gasteiger partial charge is 0.460 e. The lowest BCUT2D eigenvalue weighted by molar-refractivity contribution is -0.155. The number of amides is 2. The number of nitrogens with one attached hydrogen (secondary N) is 1. The molecule has 128 valence electrons. The first-order valence-electron chi connectivity index (χ1n) is 7.11. The lowest BCUT2D eigenvalue weighted by Gasteiger charge is -2.19. The number of rotatable bonds is 9. The molecule has 3 N–H and O–H groups in total. The van der Waals surface area contributed by atoms with Crippen molar-refractivity contribution in [3.05, 3.63) is 0 Å². The monoisotopic (exact) mass is 442 g/mol. The number of primary amides is 1. The summed E-state index contributed by atoms with van der Waals surface area (Å²) in [5, 5.41) is 2.70. The van der Waals surface area contributed by atoms with Gasteiger partial charge in [-0.25, -0.2) is 0 Å². The van der Waals surface area contributed by atoms with Crippen molar-refractivity contribution in [1.82, 2.24) is 5.32 Å². The van der Waals surface area contributed by atoms with Crippen molar-refractivity contribution in [3.63, 3.8) is 0 Å². The van der Waals surface area contributed by atoms with Gasteiger partial charge in [0.1, 0.15) is 15.3 Å². The third-order valence-corrected chi connectivity index (χ3v) is 5.19. The van der Waals surface area contributed by atoms with E-state index in [9.17, 15) is 14.4 Å². The van der Waals surface area contributed by atoms with Crippen molar-refractivity contribution < 1.29 is 19.1 Å². The molecule has 0 saturated carbocycles. The van der Waals surface area contributed by atoms with E-state index in [0.717, 1.165) is 12.8 Å². The maximum absolute atomic E-state index is 11.7. The van der Waals surface area contributed by atoms with Gasteiger partial charge in [-0.1, -0.05) is 38.3 Å². The zero-order valence-corrected chi connectivity index (χ0v) is 16.3. The molecule has 0 aliphatic heterocycles. The van der Waals surface area contributed by atoms with Crippen LogP contribution in [0.3, 0.4) is 0 Å². The van der Waals surface area contributed by atoms with E-state index in [0.29, 0.717) is 19.4 Å². The summed E-state index contributed by atoms with van der Waals surface area (Å²) in [4.78, 5) is 32.7. The van der Waals surface area contributed by atoms with Crippen LogP contribution in [0, 0.1) is 0 Å². The second-order valence-corrected chi connectivity index (χ2v) is 7.87. The SMILES string of the molecule is CC(C)(C)OC(=O)CCCCCNC(=O)C(Br)C(Br)C(N)=O. The predicted molar refractivity (Wildman–Crippen MR) is 91.9 cm³/mol. The zero-order chi connectivity index (χ0) is 17.3. The number of carbonyl (C=O) groups is 3. The van der Waals surface area contributed by atoms with Gasteiger partial charge in [0.15, 0.2) is 0 Å². The highest BCUT2D eigenvalue weighted by Gasteiger charge is 2.27. The smallest absolute Gasteiger partial charge is 0.306 e. The summed E-state index contributed by atoms with van der Waals surface area (Å²) in [5.74, 6) is -1.11. The number of hydrogen-bond donors (Lipinski definition) is 2. The Kier molecular flexibility index (Phi) is 9.91. The molecule has 0 fully saturated rings. The van der Waals surface area contributed by atoms with Crippen LogP contribution in [0.5, 0.6) is 0 Å². The van der Waals surface area contributed by atoms with Gasteiger partial charge in [0, 0.05) is 13.0 Å². The van der Waals surface area contributed by atoms with E-state index in [2.05, 4.69) is 37.2 Å². The Bertz CT molecular complexity index is 397. The topological polar surface area (TPSA) is 98.5 Å². The lowest BCUT2D eigenvalue weighted by Crippen LogP contribution is -2.41. The summed E-state index contributed by atoms with van der Waals surface area (Å²) in [5.41, 5.74) is 4.65. The molecule has 0 aromatic heterocycles.